The number of aromatic nitrogens is 2. The topological polar surface area (TPSA) is 34.4 Å². The molecule has 0 aliphatic carbocycles. The van der Waals surface area contributed by atoms with E-state index in [1.165, 1.54) is 0 Å². The van der Waals surface area contributed by atoms with Gasteiger partial charge in [-0.2, -0.15) is 0 Å². The van der Waals surface area contributed by atoms with Crippen molar-refractivity contribution in [3.05, 3.63) is 76.0 Å². The minimum atomic E-state index is -0.0712. The van der Waals surface area contributed by atoms with Crippen LogP contribution in [0.1, 0.15) is 23.9 Å². The van der Waals surface area contributed by atoms with Gasteiger partial charge in [0.1, 0.15) is 5.65 Å². The summed E-state index contributed by atoms with van der Waals surface area (Å²) in [5.41, 5.74) is 3.07. The molecule has 2 aromatic heterocycles. The van der Waals surface area contributed by atoms with Crippen LogP contribution in [-0.4, -0.2) is 9.38 Å². The number of nitrogens with zero attached hydrogens (tertiary/aromatic N) is 2. The first-order chi connectivity index (χ1) is 11.1. The van der Waals surface area contributed by atoms with Gasteiger partial charge in [-0.3, -0.25) is 9.20 Å². The van der Waals surface area contributed by atoms with Crippen molar-refractivity contribution in [2.75, 3.05) is 0 Å². The maximum Gasteiger partial charge on any atom is 0.264 e. The van der Waals surface area contributed by atoms with Crippen molar-refractivity contribution in [1.82, 2.24) is 9.38 Å². The number of pyridine rings is 1. The molecule has 0 radical (unpaired) electrons. The fourth-order valence-corrected chi connectivity index (χ4v) is 3.02. The summed E-state index contributed by atoms with van der Waals surface area (Å²) in [5.74, 6) is 0. The molecule has 0 unspecified atom stereocenters. The lowest BCUT2D eigenvalue weighted by Gasteiger charge is -2.05. The molecule has 0 spiro atoms. The van der Waals surface area contributed by atoms with Gasteiger partial charge in [-0.15, -0.1) is 0 Å². The second-order valence-electron chi connectivity index (χ2n) is 5.36. The zero-order chi connectivity index (χ0) is 16.6. The van der Waals surface area contributed by atoms with Crippen molar-refractivity contribution in [3.8, 4) is 0 Å². The predicted octanol–water partition coefficient (Wildman–Crippen LogP) is 3.52. The second kappa shape index (κ2) is 5.69. The molecular weight excluding hydrogens is 284 g/mol. The molecule has 3 nitrogen and oxygen atoms in total. The molecule has 3 rings (SSSR count). The number of aryl methyl sites for hydroxylation is 1. The highest BCUT2D eigenvalue weighted by molar-refractivity contribution is 5.90. The SMILES string of the molecule is C=C/C=c1\c2c(C)cccc2c(=O)n2c(C=C)c(/C=C\C)nc12. The lowest BCUT2D eigenvalue weighted by molar-refractivity contribution is 1.11. The Hall–Kier alpha value is -2.94. The van der Waals surface area contributed by atoms with E-state index in [4.69, 9.17) is 0 Å². The zero-order valence-corrected chi connectivity index (χ0v) is 13.3. The lowest BCUT2D eigenvalue weighted by atomic mass is 10.0. The molecule has 23 heavy (non-hydrogen) atoms. The van der Waals surface area contributed by atoms with Crippen LogP contribution in [0.15, 0.2) is 48.3 Å². The minimum absolute atomic E-state index is 0.0712. The summed E-state index contributed by atoms with van der Waals surface area (Å²) in [6, 6.07) is 5.76. The predicted molar refractivity (Wildman–Crippen MR) is 98.4 cm³/mol. The zero-order valence-electron chi connectivity index (χ0n) is 13.3. The van der Waals surface area contributed by atoms with Crippen molar-refractivity contribution < 1.29 is 0 Å². The van der Waals surface area contributed by atoms with Gasteiger partial charge in [-0.25, -0.2) is 4.98 Å². The molecule has 0 fully saturated rings. The summed E-state index contributed by atoms with van der Waals surface area (Å²) >= 11 is 0. The molecule has 0 atom stereocenters. The molecule has 0 bridgehead atoms. The number of allylic oxidation sites excluding steroid dienone is 2. The summed E-state index contributed by atoms with van der Waals surface area (Å²) in [7, 11) is 0. The maximum atomic E-state index is 13.0. The van der Waals surface area contributed by atoms with Crippen molar-refractivity contribution in [1.29, 1.82) is 0 Å². The van der Waals surface area contributed by atoms with Gasteiger partial charge in [-0.05, 0) is 37.6 Å². The number of fused-ring (bicyclic) bond motifs is 2. The minimum Gasteiger partial charge on any atom is -0.268 e. The smallest absolute Gasteiger partial charge is 0.264 e. The average Bonchev–Trinajstić information content (AvgIpc) is 2.90. The molecule has 2 heterocycles. The van der Waals surface area contributed by atoms with Gasteiger partial charge in [0.05, 0.1) is 11.4 Å². The summed E-state index contributed by atoms with van der Waals surface area (Å²) in [4.78, 5) is 17.7. The van der Waals surface area contributed by atoms with E-state index in [2.05, 4.69) is 18.1 Å². The largest absolute Gasteiger partial charge is 0.268 e. The molecule has 114 valence electrons. The Balaban J connectivity index is 2.75. The van der Waals surface area contributed by atoms with E-state index in [0.717, 1.165) is 21.9 Å². The third-order valence-corrected chi connectivity index (χ3v) is 3.96. The highest BCUT2D eigenvalue weighted by Gasteiger charge is 2.15. The fourth-order valence-electron chi connectivity index (χ4n) is 3.02. The molecule has 1 aromatic carbocycles. The van der Waals surface area contributed by atoms with Crippen LogP contribution in [0.4, 0.5) is 0 Å². The van der Waals surface area contributed by atoms with Crippen molar-refractivity contribution >= 4 is 34.6 Å². The van der Waals surface area contributed by atoms with Gasteiger partial charge >= 0.3 is 0 Å². The third kappa shape index (κ3) is 2.13. The van der Waals surface area contributed by atoms with Crippen LogP contribution in [0.2, 0.25) is 0 Å². The second-order valence-corrected chi connectivity index (χ2v) is 5.36. The van der Waals surface area contributed by atoms with E-state index in [9.17, 15) is 4.79 Å². The van der Waals surface area contributed by atoms with Gasteiger partial charge in [0.2, 0.25) is 0 Å². The standard InChI is InChI=1S/C20H18N2O/c1-5-9-14-18-13(4)11-8-12-15(18)20(23)22-17(7-3)16(10-6-2)21-19(14)22/h5-12H,1,3H2,2,4H3/b10-6-,14-9+. The van der Waals surface area contributed by atoms with Crippen LogP contribution < -0.4 is 10.8 Å². The van der Waals surface area contributed by atoms with Crippen molar-refractivity contribution in [3.63, 3.8) is 0 Å². The van der Waals surface area contributed by atoms with Gasteiger partial charge in [0.15, 0.2) is 0 Å². The fraction of sp³-hybridized carbons (Fsp3) is 0.100. The average molecular weight is 302 g/mol. The highest BCUT2D eigenvalue weighted by atomic mass is 16.1. The first-order valence-electron chi connectivity index (χ1n) is 7.49. The Bertz CT molecular complexity index is 1080. The Morgan fingerprint density at radius 3 is 2.70 bits per heavy atom. The Kier molecular flexibility index (Phi) is 3.70. The molecule has 0 N–H and O–H groups in total. The van der Waals surface area contributed by atoms with Gasteiger partial charge in [0, 0.05) is 16.0 Å². The molecule has 0 saturated heterocycles. The lowest BCUT2D eigenvalue weighted by Crippen LogP contribution is -2.22. The van der Waals surface area contributed by atoms with Crippen LogP contribution in [0.3, 0.4) is 0 Å². The number of hydrogen-bond acceptors (Lipinski definition) is 2. The first kappa shape index (κ1) is 15.0. The first-order valence-corrected chi connectivity index (χ1v) is 7.49. The van der Waals surface area contributed by atoms with Crippen molar-refractivity contribution in [2.45, 2.75) is 13.8 Å². The van der Waals surface area contributed by atoms with Crippen LogP contribution in [0.25, 0.3) is 34.6 Å². The van der Waals surface area contributed by atoms with Crippen LogP contribution in [0.5, 0.6) is 0 Å². The molecule has 3 aromatic rings. The van der Waals surface area contributed by atoms with E-state index >= 15 is 0 Å². The summed E-state index contributed by atoms with van der Waals surface area (Å²) in [6.07, 6.45) is 9.10. The van der Waals surface area contributed by atoms with E-state index in [-0.39, 0.29) is 5.56 Å². The summed E-state index contributed by atoms with van der Waals surface area (Å²) < 4.78 is 1.64. The third-order valence-electron chi connectivity index (χ3n) is 3.96. The monoisotopic (exact) mass is 302 g/mol. The molecule has 0 aliphatic rings. The number of hydrogen-bond donors (Lipinski definition) is 0. The Morgan fingerprint density at radius 2 is 2.04 bits per heavy atom. The number of benzene rings is 1. The molecule has 3 heteroatoms. The van der Waals surface area contributed by atoms with Gasteiger partial charge in [0.25, 0.3) is 5.56 Å². The van der Waals surface area contributed by atoms with E-state index in [0.29, 0.717) is 16.7 Å². The summed E-state index contributed by atoms with van der Waals surface area (Å²) in [6.45, 7) is 11.6. The van der Waals surface area contributed by atoms with Gasteiger partial charge in [-0.1, -0.05) is 43.5 Å². The Labute approximate surface area is 134 Å². The van der Waals surface area contributed by atoms with Crippen LogP contribution >= 0.6 is 0 Å². The Morgan fingerprint density at radius 1 is 1.26 bits per heavy atom. The number of rotatable bonds is 3. The molecule has 0 aliphatic heterocycles. The molecule has 0 amide bonds. The molecule has 0 saturated carbocycles. The quantitative estimate of drug-likeness (QED) is 0.742. The van der Waals surface area contributed by atoms with E-state index in [1.807, 2.05) is 50.3 Å². The molecular formula is C20H18N2O. The van der Waals surface area contributed by atoms with Crippen LogP contribution in [0, 0.1) is 6.92 Å². The van der Waals surface area contributed by atoms with Crippen LogP contribution in [-0.2, 0) is 0 Å². The highest BCUT2D eigenvalue weighted by Crippen LogP contribution is 2.17. The summed E-state index contributed by atoms with van der Waals surface area (Å²) in [5, 5.41) is 2.52. The van der Waals surface area contributed by atoms with Crippen molar-refractivity contribution in [2.24, 2.45) is 0 Å². The normalized spacial score (nSPS) is 12.5. The number of imidazole rings is 1. The van der Waals surface area contributed by atoms with Gasteiger partial charge < -0.3 is 0 Å². The van der Waals surface area contributed by atoms with E-state index in [1.54, 1.807) is 16.6 Å². The van der Waals surface area contributed by atoms with E-state index < -0.39 is 0 Å². The maximum absolute atomic E-state index is 13.0.